The number of nitrogens with zero attached hydrogens (tertiary/aromatic N) is 3. The number of benzene rings is 2. The van der Waals surface area contributed by atoms with Crippen molar-refractivity contribution in [2.24, 2.45) is 0 Å². The van der Waals surface area contributed by atoms with Crippen molar-refractivity contribution in [2.75, 3.05) is 17.2 Å². The first-order valence-electron chi connectivity index (χ1n) is 8.96. The highest BCUT2D eigenvalue weighted by Crippen LogP contribution is 2.32. The van der Waals surface area contributed by atoms with E-state index < -0.39 is 4.92 Å². The molecule has 0 aliphatic heterocycles. The smallest absolute Gasteiger partial charge is 0.292 e. The van der Waals surface area contributed by atoms with E-state index in [0.717, 1.165) is 16.7 Å². The minimum absolute atomic E-state index is 0.0821. The fourth-order valence-corrected chi connectivity index (χ4v) is 2.84. The average Bonchev–Trinajstić information content (AvgIpc) is 2.77. The number of nitro benzene ring substituents is 1. The van der Waals surface area contributed by atoms with E-state index in [0.29, 0.717) is 16.9 Å². The largest absolute Gasteiger partial charge is 0.397 e. The Morgan fingerprint density at radius 2 is 1.23 bits per heavy atom. The minimum Gasteiger partial charge on any atom is -0.397 e. The lowest BCUT2D eigenvalue weighted by atomic mass is 10.0. The van der Waals surface area contributed by atoms with Gasteiger partial charge in [0.15, 0.2) is 0 Å². The molecule has 0 radical (unpaired) electrons. The highest BCUT2D eigenvalue weighted by Gasteiger charge is 2.15. The number of anilines is 3. The Labute approximate surface area is 173 Å². The van der Waals surface area contributed by atoms with E-state index in [1.165, 1.54) is 6.07 Å². The van der Waals surface area contributed by atoms with Gasteiger partial charge in [0.2, 0.25) is 0 Å². The van der Waals surface area contributed by atoms with Crippen LogP contribution in [0.25, 0.3) is 22.3 Å². The van der Waals surface area contributed by atoms with Crippen LogP contribution in [-0.4, -0.2) is 14.9 Å². The van der Waals surface area contributed by atoms with E-state index in [-0.39, 0.29) is 11.4 Å². The zero-order chi connectivity index (χ0) is 21.5. The number of hydrogen-bond acceptors (Lipinski definition) is 7. The van der Waals surface area contributed by atoms with Crippen LogP contribution in [0.5, 0.6) is 0 Å². The van der Waals surface area contributed by atoms with Crippen LogP contribution in [0.4, 0.5) is 22.7 Å². The zero-order valence-electron chi connectivity index (χ0n) is 16.0. The summed E-state index contributed by atoms with van der Waals surface area (Å²) in [6.07, 6.45) is 6.75. The van der Waals surface area contributed by atoms with Crippen molar-refractivity contribution in [1.29, 1.82) is 0 Å². The second-order valence-electron chi connectivity index (χ2n) is 6.29. The molecule has 4 aromatic rings. The maximum Gasteiger partial charge on any atom is 0.292 e. The van der Waals surface area contributed by atoms with Crippen molar-refractivity contribution in [3.8, 4) is 22.3 Å². The monoisotopic (exact) mass is 400 g/mol. The van der Waals surface area contributed by atoms with Crippen LogP contribution in [0, 0.1) is 10.1 Å². The summed E-state index contributed by atoms with van der Waals surface area (Å²) in [6.45, 7) is 0. The Hall–Kier alpha value is -4.46. The minimum atomic E-state index is -0.491. The Kier molecular flexibility index (Phi) is 6.19. The Morgan fingerprint density at radius 3 is 1.73 bits per heavy atom. The lowest BCUT2D eigenvalue weighted by molar-refractivity contribution is -0.383. The molecule has 4 rings (SSSR count). The molecule has 0 spiro atoms. The van der Waals surface area contributed by atoms with Gasteiger partial charge in [0.25, 0.3) is 5.69 Å². The van der Waals surface area contributed by atoms with Gasteiger partial charge in [-0.15, -0.1) is 0 Å². The molecular formula is C22H20N6O2. The summed E-state index contributed by atoms with van der Waals surface area (Å²) < 4.78 is 0. The van der Waals surface area contributed by atoms with Crippen molar-refractivity contribution in [1.82, 2.24) is 9.97 Å². The lowest BCUT2D eigenvalue weighted by Gasteiger charge is -2.07. The topological polar surface area (TPSA) is 147 Å². The van der Waals surface area contributed by atoms with Gasteiger partial charge in [0, 0.05) is 53.1 Å². The van der Waals surface area contributed by atoms with Gasteiger partial charge < -0.3 is 17.2 Å². The highest BCUT2D eigenvalue weighted by molar-refractivity contribution is 5.84. The number of rotatable bonds is 3. The molecule has 8 heteroatoms. The van der Waals surface area contributed by atoms with Gasteiger partial charge in [-0.3, -0.25) is 20.1 Å². The summed E-state index contributed by atoms with van der Waals surface area (Å²) in [5.74, 6) is 0. The van der Waals surface area contributed by atoms with Gasteiger partial charge in [-0.2, -0.15) is 0 Å². The molecule has 2 aromatic heterocycles. The van der Waals surface area contributed by atoms with Crippen LogP contribution in [0.3, 0.4) is 0 Å². The van der Waals surface area contributed by atoms with E-state index in [1.807, 2.05) is 30.3 Å². The molecule has 0 aliphatic rings. The predicted octanol–water partition coefficient (Wildman–Crippen LogP) is 4.15. The molecule has 2 heterocycles. The molecule has 0 unspecified atom stereocenters. The van der Waals surface area contributed by atoms with Crippen LogP contribution in [-0.2, 0) is 0 Å². The number of para-hydroxylation sites is 2. The van der Waals surface area contributed by atoms with Crippen molar-refractivity contribution in [3.63, 3.8) is 0 Å². The van der Waals surface area contributed by atoms with Crippen LogP contribution < -0.4 is 17.2 Å². The molecule has 0 atom stereocenters. The Balaban J connectivity index is 0.000000172. The zero-order valence-corrected chi connectivity index (χ0v) is 16.0. The first kappa shape index (κ1) is 20.3. The predicted molar refractivity (Wildman–Crippen MR) is 119 cm³/mol. The van der Waals surface area contributed by atoms with E-state index in [2.05, 4.69) is 9.97 Å². The van der Waals surface area contributed by atoms with E-state index in [1.54, 1.807) is 49.1 Å². The van der Waals surface area contributed by atoms with Crippen LogP contribution in [0.15, 0.2) is 85.5 Å². The SMILES string of the molecule is Nc1c(-c2cccnc2)cccc1[N+](=O)[O-].Nc1cccc(-c2cccnc2)c1N. The molecule has 2 aromatic carbocycles. The molecule has 0 bridgehead atoms. The van der Waals surface area contributed by atoms with Gasteiger partial charge in [-0.05, 0) is 18.2 Å². The first-order valence-corrected chi connectivity index (χ1v) is 8.96. The molecular weight excluding hydrogens is 380 g/mol. The summed E-state index contributed by atoms with van der Waals surface area (Å²) in [5, 5.41) is 10.7. The van der Waals surface area contributed by atoms with E-state index >= 15 is 0 Å². The number of nitro groups is 1. The first-order chi connectivity index (χ1) is 14.5. The normalized spacial score (nSPS) is 10.0. The number of aromatic nitrogens is 2. The van der Waals surface area contributed by atoms with E-state index in [4.69, 9.17) is 17.2 Å². The maximum atomic E-state index is 10.7. The summed E-state index contributed by atoms with van der Waals surface area (Å²) in [5.41, 5.74) is 21.9. The molecule has 30 heavy (non-hydrogen) atoms. The fraction of sp³-hybridized carbons (Fsp3) is 0. The lowest BCUT2D eigenvalue weighted by Crippen LogP contribution is -1.97. The Bertz CT molecular complexity index is 1150. The summed E-state index contributed by atoms with van der Waals surface area (Å²) >= 11 is 0. The summed E-state index contributed by atoms with van der Waals surface area (Å²) in [4.78, 5) is 18.2. The van der Waals surface area contributed by atoms with Crippen LogP contribution in [0.1, 0.15) is 0 Å². The molecule has 6 N–H and O–H groups in total. The molecule has 8 nitrogen and oxygen atoms in total. The molecule has 0 fully saturated rings. The van der Waals surface area contributed by atoms with Crippen LogP contribution >= 0.6 is 0 Å². The number of hydrogen-bond donors (Lipinski definition) is 3. The molecule has 0 saturated carbocycles. The van der Waals surface area contributed by atoms with Crippen molar-refractivity contribution < 1.29 is 4.92 Å². The van der Waals surface area contributed by atoms with Crippen molar-refractivity contribution in [3.05, 3.63) is 95.6 Å². The standard InChI is InChI=1S/C11H9N3O2.C11H11N3/c12-11-9(8-3-2-6-13-7-8)4-1-5-10(11)14(15)16;12-10-5-1-4-9(11(10)13)8-3-2-6-14-7-8/h1-7H,12H2;1-7H,12-13H2. The third-order valence-corrected chi connectivity index (χ3v) is 4.36. The van der Waals surface area contributed by atoms with Crippen molar-refractivity contribution >= 4 is 22.7 Å². The van der Waals surface area contributed by atoms with Gasteiger partial charge in [-0.25, -0.2) is 0 Å². The number of nitrogen functional groups attached to an aromatic ring is 3. The molecule has 0 aliphatic carbocycles. The third kappa shape index (κ3) is 4.50. The van der Waals surface area contributed by atoms with Gasteiger partial charge in [0.05, 0.1) is 16.3 Å². The van der Waals surface area contributed by atoms with Crippen LogP contribution in [0.2, 0.25) is 0 Å². The molecule has 0 saturated heterocycles. The quantitative estimate of drug-likeness (QED) is 0.266. The van der Waals surface area contributed by atoms with Gasteiger partial charge in [-0.1, -0.05) is 36.4 Å². The highest BCUT2D eigenvalue weighted by atomic mass is 16.6. The maximum absolute atomic E-state index is 10.7. The van der Waals surface area contributed by atoms with Gasteiger partial charge >= 0.3 is 0 Å². The summed E-state index contributed by atoms with van der Waals surface area (Å²) in [7, 11) is 0. The molecule has 0 amide bonds. The average molecular weight is 400 g/mol. The van der Waals surface area contributed by atoms with E-state index in [9.17, 15) is 10.1 Å². The Morgan fingerprint density at radius 1 is 0.700 bits per heavy atom. The van der Waals surface area contributed by atoms with Crippen molar-refractivity contribution in [2.45, 2.75) is 0 Å². The fourth-order valence-electron chi connectivity index (χ4n) is 2.84. The number of nitrogens with two attached hydrogens (primary N) is 3. The molecule has 150 valence electrons. The van der Waals surface area contributed by atoms with Gasteiger partial charge in [0.1, 0.15) is 5.69 Å². The number of pyridine rings is 2. The second kappa shape index (κ2) is 9.16. The summed E-state index contributed by atoms with van der Waals surface area (Å²) in [6, 6.07) is 17.7. The third-order valence-electron chi connectivity index (χ3n) is 4.36. The second-order valence-corrected chi connectivity index (χ2v) is 6.29.